The van der Waals surface area contributed by atoms with Crippen LogP contribution in [0.3, 0.4) is 0 Å². The fourth-order valence-electron chi connectivity index (χ4n) is 6.23. The largest absolute Gasteiger partial charge is 0.303 e. The van der Waals surface area contributed by atoms with E-state index >= 15 is 0 Å². The molecule has 1 fully saturated rings. The molecule has 0 bridgehead atoms. The third kappa shape index (κ3) is 6.48. The minimum Gasteiger partial charge on any atom is -0.303 e. The quantitative estimate of drug-likeness (QED) is 0.295. The average Bonchev–Trinajstić information content (AvgIpc) is 3.37. The fraction of sp³-hybridized carbons (Fsp3) is 0.486. The van der Waals surface area contributed by atoms with E-state index in [0.29, 0.717) is 11.8 Å². The van der Waals surface area contributed by atoms with E-state index < -0.39 is 0 Å². The molecular weight excluding hydrogens is 434 g/mol. The maximum Gasteiger partial charge on any atom is 0.0166 e. The molecule has 1 aliphatic heterocycles. The molecule has 4 rings (SSSR count). The molecule has 1 heterocycles. The van der Waals surface area contributed by atoms with Gasteiger partial charge in [0, 0.05) is 5.92 Å². The molecule has 36 heavy (non-hydrogen) atoms. The Morgan fingerprint density at radius 3 is 1.97 bits per heavy atom. The number of nitrogens with zero attached hydrogens (tertiary/aromatic N) is 1. The van der Waals surface area contributed by atoms with Gasteiger partial charge in [-0.15, -0.1) is 0 Å². The van der Waals surface area contributed by atoms with Gasteiger partial charge < -0.3 is 4.90 Å². The van der Waals surface area contributed by atoms with Gasteiger partial charge in [-0.05, 0) is 110 Å². The molecule has 0 saturated carbocycles. The van der Waals surface area contributed by atoms with Crippen molar-refractivity contribution in [1.29, 1.82) is 0 Å². The second-order valence-electron chi connectivity index (χ2n) is 12.2. The highest BCUT2D eigenvalue weighted by molar-refractivity contribution is 5.45. The van der Waals surface area contributed by atoms with Crippen molar-refractivity contribution >= 4 is 0 Å². The van der Waals surface area contributed by atoms with Crippen molar-refractivity contribution in [2.45, 2.75) is 85.5 Å². The molecule has 0 aliphatic carbocycles. The molecule has 0 aromatic heterocycles. The van der Waals surface area contributed by atoms with E-state index in [9.17, 15) is 0 Å². The molecule has 0 spiro atoms. The van der Waals surface area contributed by atoms with Crippen LogP contribution in [0, 0.1) is 19.3 Å². The molecule has 1 aliphatic rings. The third-order valence-corrected chi connectivity index (χ3v) is 8.26. The smallest absolute Gasteiger partial charge is 0.0166 e. The van der Waals surface area contributed by atoms with E-state index in [1.54, 1.807) is 0 Å². The van der Waals surface area contributed by atoms with Crippen LogP contribution in [0.1, 0.15) is 97.7 Å². The highest BCUT2D eigenvalue weighted by atomic mass is 15.1. The van der Waals surface area contributed by atoms with Gasteiger partial charge in [0.05, 0.1) is 0 Å². The van der Waals surface area contributed by atoms with Crippen LogP contribution < -0.4 is 0 Å². The molecule has 0 N–H and O–H groups in total. The van der Waals surface area contributed by atoms with Crippen LogP contribution in [0.4, 0.5) is 0 Å². The van der Waals surface area contributed by atoms with E-state index in [-0.39, 0.29) is 5.41 Å². The Kier molecular flexibility index (Phi) is 8.73. The van der Waals surface area contributed by atoms with E-state index in [1.165, 1.54) is 84.3 Å². The molecule has 1 saturated heterocycles. The summed E-state index contributed by atoms with van der Waals surface area (Å²) in [5.41, 5.74) is 10.1. The van der Waals surface area contributed by atoms with Gasteiger partial charge in [0.1, 0.15) is 0 Å². The van der Waals surface area contributed by atoms with Gasteiger partial charge in [-0.2, -0.15) is 0 Å². The maximum atomic E-state index is 2.63. The Hall–Kier alpha value is -2.38. The summed E-state index contributed by atoms with van der Waals surface area (Å²) < 4.78 is 0. The molecule has 3 aromatic carbocycles. The van der Waals surface area contributed by atoms with Gasteiger partial charge in [-0.1, -0.05) is 100.0 Å². The molecule has 2 unspecified atom stereocenters. The Morgan fingerprint density at radius 2 is 1.39 bits per heavy atom. The minimum atomic E-state index is 0.115. The standard InChI is InChI=1S/C35H47N/c1-7-28-16-21-32(27(3)25-28)33(34(35(4,5)6)31-17-12-26(2)13-18-31)30-19-14-29(15-20-30)11-10-24-36-22-8-9-23-36/h12-21,25,33-34H,7-11,22-24H2,1-6H3. The van der Waals surface area contributed by atoms with Crippen molar-refractivity contribution in [2.24, 2.45) is 5.41 Å². The normalized spacial score (nSPS) is 16.3. The van der Waals surface area contributed by atoms with Crippen LogP contribution in [0.25, 0.3) is 0 Å². The Bertz CT molecular complexity index is 1090. The lowest BCUT2D eigenvalue weighted by molar-refractivity contribution is 0.295. The zero-order valence-electron chi connectivity index (χ0n) is 23.6. The summed E-state index contributed by atoms with van der Waals surface area (Å²) in [6, 6.07) is 26.1. The van der Waals surface area contributed by atoms with Gasteiger partial charge >= 0.3 is 0 Å². The van der Waals surface area contributed by atoms with Crippen LogP contribution >= 0.6 is 0 Å². The second-order valence-corrected chi connectivity index (χ2v) is 12.2. The molecule has 3 aromatic rings. The molecule has 2 atom stereocenters. The predicted molar refractivity (Wildman–Crippen MR) is 156 cm³/mol. The summed E-state index contributed by atoms with van der Waals surface area (Å²) in [6.45, 7) is 17.8. The van der Waals surface area contributed by atoms with E-state index in [2.05, 4.69) is 113 Å². The lowest BCUT2D eigenvalue weighted by Gasteiger charge is -2.39. The van der Waals surface area contributed by atoms with Gasteiger partial charge in [0.25, 0.3) is 0 Å². The average molecular weight is 482 g/mol. The van der Waals surface area contributed by atoms with Crippen LogP contribution in [0.2, 0.25) is 0 Å². The van der Waals surface area contributed by atoms with Crippen LogP contribution in [0.15, 0.2) is 66.7 Å². The second kappa shape index (κ2) is 11.8. The monoisotopic (exact) mass is 481 g/mol. The highest BCUT2D eigenvalue weighted by Crippen LogP contribution is 2.49. The number of benzene rings is 3. The molecule has 1 nitrogen and oxygen atoms in total. The first-order chi connectivity index (χ1) is 17.3. The summed E-state index contributed by atoms with van der Waals surface area (Å²) in [5, 5.41) is 0. The number of likely N-dealkylation sites (tertiary alicyclic amines) is 1. The third-order valence-electron chi connectivity index (χ3n) is 8.26. The number of aryl methyl sites for hydroxylation is 4. The van der Waals surface area contributed by atoms with Gasteiger partial charge in [0.15, 0.2) is 0 Å². The van der Waals surface area contributed by atoms with Crippen molar-refractivity contribution in [1.82, 2.24) is 4.90 Å². The van der Waals surface area contributed by atoms with Crippen LogP contribution in [-0.2, 0) is 12.8 Å². The molecule has 1 heteroatoms. The zero-order chi connectivity index (χ0) is 25.7. The summed E-state index contributed by atoms with van der Waals surface area (Å²) in [7, 11) is 0. The lowest BCUT2D eigenvalue weighted by Crippen LogP contribution is -2.26. The van der Waals surface area contributed by atoms with E-state index in [4.69, 9.17) is 0 Å². The van der Waals surface area contributed by atoms with Crippen molar-refractivity contribution in [3.05, 3.63) is 106 Å². The summed E-state index contributed by atoms with van der Waals surface area (Å²) in [6.07, 6.45) is 6.27. The fourth-order valence-corrected chi connectivity index (χ4v) is 6.23. The van der Waals surface area contributed by atoms with Crippen molar-refractivity contribution in [3.8, 4) is 0 Å². The SMILES string of the molecule is CCc1ccc(C(c2ccc(CCCN3CCCC3)cc2)C(c2ccc(C)cc2)C(C)(C)C)c(C)c1. The van der Waals surface area contributed by atoms with Gasteiger partial charge in [-0.25, -0.2) is 0 Å². The summed E-state index contributed by atoms with van der Waals surface area (Å²) >= 11 is 0. The highest BCUT2D eigenvalue weighted by Gasteiger charge is 2.36. The molecule has 192 valence electrons. The molecular formula is C35H47N. The predicted octanol–water partition coefficient (Wildman–Crippen LogP) is 8.86. The zero-order valence-corrected chi connectivity index (χ0v) is 23.6. The minimum absolute atomic E-state index is 0.115. The molecule has 0 amide bonds. The Balaban J connectivity index is 1.69. The maximum absolute atomic E-state index is 2.63. The van der Waals surface area contributed by atoms with Crippen LogP contribution in [0.5, 0.6) is 0 Å². The number of rotatable bonds is 9. The molecule has 0 radical (unpaired) electrons. The number of hydrogen-bond acceptors (Lipinski definition) is 1. The Labute approximate surface area is 221 Å². The summed E-state index contributed by atoms with van der Waals surface area (Å²) in [4.78, 5) is 2.63. The van der Waals surface area contributed by atoms with Gasteiger partial charge in [0.2, 0.25) is 0 Å². The van der Waals surface area contributed by atoms with Gasteiger partial charge in [-0.3, -0.25) is 0 Å². The first-order valence-corrected chi connectivity index (χ1v) is 14.2. The van der Waals surface area contributed by atoms with E-state index in [1.807, 2.05) is 0 Å². The van der Waals surface area contributed by atoms with Crippen molar-refractivity contribution < 1.29 is 0 Å². The number of hydrogen-bond donors (Lipinski definition) is 0. The van der Waals surface area contributed by atoms with Crippen LogP contribution in [-0.4, -0.2) is 24.5 Å². The van der Waals surface area contributed by atoms with E-state index in [0.717, 1.165) is 6.42 Å². The first-order valence-electron chi connectivity index (χ1n) is 14.2. The first kappa shape index (κ1) is 26.7. The Morgan fingerprint density at radius 1 is 0.778 bits per heavy atom. The van der Waals surface area contributed by atoms with Crippen molar-refractivity contribution in [2.75, 3.05) is 19.6 Å². The lowest BCUT2D eigenvalue weighted by atomic mass is 9.64. The topological polar surface area (TPSA) is 3.24 Å². The van der Waals surface area contributed by atoms with Crippen molar-refractivity contribution in [3.63, 3.8) is 0 Å². The summed E-state index contributed by atoms with van der Waals surface area (Å²) in [5.74, 6) is 0.697.